The Morgan fingerprint density at radius 1 is 1.12 bits per heavy atom. The van der Waals surface area contributed by atoms with Gasteiger partial charge in [0.25, 0.3) is 0 Å². The minimum Gasteiger partial charge on any atom is -0.478 e. The summed E-state index contributed by atoms with van der Waals surface area (Å²) in [7, 11) is 0. The molecule has 0 spiro atoms. The average molecular weight is 457 g/mol. The van der Waals surface area contributed by atoms with Crippen LogP contribution in [0.4, 0.5) is 13.6 Å². The number of nitrogens with one attached hydrogen (secondary N) is 2. The summed E-state index contributed by atoms with van der Waals surface area (Å²) < 4.78 is 35.3. The van der Waals surface area contributed by atoms with Crippen molar-refractivity contribution in [2.45, 2.75) is 19.9 Å². The van der Waals surface area contributed by atoms with E-state index in [1.807, 2.05) is 5.32 Å². The van der Waals surface area contributed by atoms with Crippen molar-refractivity contribution in [1.82, 2.24) is 15.6 Å². The number of rotatable bonds is 8. The van der Waals surface area contributed by atoms with Crippen molar-refractivity contribution >= 4 is 28.6 Å². The molecule has 0 saturated heterocycles. The number of ketones is 1. The highest BCUT2D eigenvalue weighted by Crippen LogP contribution is 2.29. The highest BCUT2D eigenvalue weighted by molar-refractivity contribution is 6.17. The summed E-state index contributed by atoms with van der Waals surface area (Å²) in [6.45, 7) is 3.10. The van der Waals surface area contributed by atoms with Crippen LogP contribution < -0.4 is 15.4 Å². The van der Waals surface area contributed by atoms with Gasteiger partial charge in [-0.1, -0.05) is 12.1 Å². The summed E-state index contributed by atoms with van der Waals surface area (Å²) in [5.41, 5.74) is -0.569. The SMILES string of the molecule is CCOc1nccc2c(C(=O)c3c(F)cc([C@H](C)NC(=O)CNC(=O)O)cc3F)cccc12. The first-order valence-electron chi connectivity index (χ1n) is 10.0. The zero-order valence-electron chi connectivity index (χ0n) is 17.8. The Labute approximate surface area is 187 Å². The molecule has 0 radical (unpaired) electrons. The van der Waals surface area contributed by atoms with Gasteiger partial charge in [-0.25, -0.2) is 18.6 Å². The van der Waals surface area contributed by atoms with E-state index < -0.39 is 47.6 Å². The van der Waals surface area contributed by atoms with E-state index >= 15 is 0 Å². The van der Waals surface area contributed by atoms with Crippen molar-refractivity contribution in [3.05, 3.63) is 70.9 Å². The molecule has 0 aliphatic rings. The maximum Gasteiger partial charge on any atom is 0.405 e. The Morgan fingerprint density at radius 3 is 2.45 bits per heavy atom. The smallest absolute Gasteiger partial charge is 0.405 e. The molecular formula is C23H21F2N3O5. The quantitative estimate of drug-likeness (QED) is 0.445. The summed E-state index contributed by atoms with van der Waals surface area (Å²) in [6.07, 6.45) is 0.0686. The molecule has 0 aliphatic heterocycles. The standard InChI is InChI=1S/C23H21F2N3O5/c1-3-33-22-16-6-4-5-15(14(16)7-8-26-22)21(30)20-17(24)9-13(10-18(20)25)12(2)28-19(29)11-27-23(31)32/h4-10,12,27H,3,11H2,1-2H3,(H,28,29)(H,31,32)/t12-/m0/s1. The van der Waals surface area contributed by atoms with Crippen LogP contribution in [0.15, 0.2) is 42.6 Å². The number of hydrogen-bond acceptors (Lipinski definition) is 5. The van der Waals surface area contributed by atoms with Gasteiger partial charge in [-0.3, -0.25) is 9.59 Å². The predicted molar refractivity (Wildman–Crippen MR) is 115 cm³/mol. The molecule has 3 rings (SSSR count). The van der Waals surface area contributed by atoms with Gasteiger partial charge < -0.3 is 20.5 Å². The molecule has 3 aromatic rings. The summed E-state index contributed by atoms with van der Waals surface area (Å²) in [5.74, 6) is -3.40. The molecular weight excluding hydrogens is 436 g/mol. The second kappa shape index (κ2) is 10.0. The Balaban J connectivity index is 1.92. The molecule has 0 bridgehead atoms. The van der Waals surface area contributed by atoms with Gasteiger partial charge in [-0.15, -0.1) is 0 Å². The molecule has 8 nitrogen and oxygen atoms in total. The Bertz CT molecular complexity index is 1210. The second-order valence-corrected chi connectivity index (χ2v) is 7.09. The van der Waals surface area contributed by atoms with Gasteiger partial charge in [-0.05, 0) is 49.1 Å². The highest BCUT2D eigenvalue weighted by atomic mass is 19.1. The molecule has 172 valence electrons. The van der Waals surface area contributed by atoms with Crippen LogP contribution in [-0.4, -0.2) is 41.0 Å². The van der Waals surface area contributed by atoms with Crippen LogP contribution in [0.1, 0.15) is 41.4 Å². The van der Waals surface area contributed by atoms with E-state index in [-0.39, 0.29) is 11.1 Å². The summed E-state index contributed by atoms with van der Waals surface area (Å²) in [5, 5.41) is 13.8. The third kappa shape index (κ3) is 5.22. The van der Waals surface area contributed by atoms with E-state index in [0.717, 1.165) is 12.1 Å². The molecule has 2 aromatic carbocycles. The van der Waals surface area contributed by atoms with Crippen molar-refractivity contribution in [1.29, 1.82) is 0 Å². The van der Waals surface area contributed by atoms with Crippen LogP contribution in [0.5, 0.6) is 5.88 Å². The molecule has 10 heteroatoms. The number of hydrogen-bond donors (Lipinski definition) is 3. The molecule has 1 atom stereocenters. The molecule has 0 fully saturated rings. The molecule has 0 saturated carbocycles. The summed E-state index contributed by atoms with van der Waals surface area (Å²) in [4.78, 5) is 39.5. The number of carboxylic acid groups (broad SMARTS) is 1. The van der Waals surface area contributed by atoms with Crippen molar-refractivity contribution in [3.63, 3.8) is 0 Å². The van der Waals surface area contributed by atoms with Gasteiger partial charge in [0.2, 0.25) is 11.8 Å². The van der Waals surface area contributed by atoms with E-state index in [4.69, 9.17) is 9.84 Å². The fourth-order valence-electron chi connectivity index (χ4n) is 3.36. The number of carbonyl (C=O) groups excluding carboxylic acids is 2. The minimum absolute atomic E-state index is 0.0750. The van der Waals surface area contributed by atoms with Crippen LogP contribution in [0.3, 0.4) is 0 Å². The summed E-state index contributed by atoms with van der Waals surface area (Å²) >= 11 is 0. The van der Waals surface area contributed by atoms with Gasteiger partial charge in [0.05, 0.1) is 18.2 Å². The average Bonchev–Trinajstić information content (AvgIpc) is 2.77. The third-order valence-electron chi connectivity index (χ3n) is 4.86. The number of amides is 2. The van der Waals surface area contributed by atoms with Crippen molar-refractivity contribution < 1.29 is 33.0 Å². The fourth-order valence-corrected chi connectivity index (χ4v) is 3.36. The number of fused-ring (bicyclic) bond motifs is 1. The molecule has 1 aromatic heterocycles. The number of nitrogens with zero attached hydrogens (tertiary/aromatic N) is 1. The van der Waals surface area contributed by atoms with Crippen molar-refractivity contribution in [2.24, 2.45) is 0 Å². The lowest BCUT2D eigenvalue weighted by atomic mass is 9.95. The van der Waals surface area contributed by atoms with Crippen molar-refractivity contribution in [2.75, 3.05) is 13.2 Å². The lowest BCUT2D eigenvalue weighted by molar-refractivity contribution is -0.120. The number of halogens is 2. The number of aromatic nitrogens is 1. The molecule has 2 amide bonds. The monoisotopic (exact) mass is 457 g/mol. The molecule has 3 N–H and O–H groups in total. The number of benzene rings is 2. The van der Waals surface area contributed by atoms with Crippen LogP contribution in [0.2, 0.25) is 0 Å². The normalized spacial score (nSPS) is 11.6. The number of pyridine rings is 1. The minimum atomic E-state index is -1.38. The van der Waals surface area contributed by atoms with Crippen LogP contribution in [0.25, 0.3) is 10.8 Å². The maximum absolute atomic E-state index is 14.9. The van der Waals surface area contributed by atoms with Crippen molar-refractivity contribution in [3.8, 4) is 5.88 Å². The predicted octanol–water partition coefficient (Wildman–Crippen LogP) is 3.59. The summed E-state index contributed by atoms with van der Waals surface area (Å²) in [6, 6.07) is 7.40. The Kier molecular flexibility index (Phi) is 7.17. The van der Waals surface area contributed by atoms with E-state index in [9.17, 15) is 23.2 Å². The van der Waals surface area contributed by atoms with Gasteiger partial charge in [0.1, 0.15) is 18.2 Å². The van der Waals surface area contributed by atoms with Gasteiger partial charge >= 0.3 is 6.09 Å². The lowest BCUT2D eigenvalue weighted by Crippen LogP contribution is -2.37. The van der Waals surface area contributed by atoms with Gasteiger partial charge in [0.15, 0.2) is 5.78 Å². The molecule has 0 aliphatic carbocycles. The van der Waals surface area contributed by atoms with E-state index in [1.54, 1.807) is 25.1 Å². The third-order valence-corrected chi connectivity index (χ3v) is 4.86. The Hall–Kier alpha value is -4.08. The first kappa shape index (κ1) is 23.6. The topological polar surface area (TPSA) is 118 Å². The van der Waals surface area contributed by atoms with Crippen LogP contribution >= 0.6 is 0 Å². The van der Waals surface area contributed by atoms with Gasteiger partial charge in [-0.2, -0.15) is 0 Å². The zero-order valence-corrected chi connectivity index (χ0v) is 17.8. The number of carbonyl (C=O) groups is 3. The first-order valence-corrected chi connectivity index (χ1v) is 10.0. The van der Waals surface area contributed by atoms with Crippen LogP contribution in [0, 0.1) is 11.6 Å². The van der Waals surface area contributed by atoms with Gasteiger partial charge in [0, 0.05) is 17.1 Å². The lowest BCUT2D eigenvalue weighted by Gasteiger charge is -2.16. The van der Waals surface area contributed by atoms with Crippen LogP contribution in [-0.2, 0) is 4.79 Å². The molecule has 1 heterocycles. The zero-order chi connectivity index (χ0) is 24.1. The van der Waals surface area contributed by atoms with E-state index in [1.165, 1.54) is 19.2 Å². The molecule has 33 heavy (non-hydrogen) atoms. The maximum atomic E-state index is 14.9. The Morgan fingerprint density at radius 2 is 1.82 bits per heavy atom. The largest absolute Gasteiger partial charge is 0.478 e. The number of ether oxygens (including phenoxy) is 1. The van der Waals surface area contributed by atoms with E-state index in [0.29, 0.717) is 23.3 Å². The second-order valence-electron chi connectivity index (χ2n) is 7.09. The fraction of sp³-hybridized carbons (Fsp3) is 0.217. The highest BCUT2D eigenvalue weighted by Gasteiger charge is 2.24. The first-order chi connectivity index (χ1) is 15.7. The molecule has 0 unspecified atom stereocenters. The van der Waals surface area contributed by atoms with E-state index in [2.05, 4.69) is 10.3 Å².